The van der Waals surface area contributed by atoms with Crippen molar-refractivity contribution in [3.05, 3.63) is 53.6 Å². The van der Waals surface area contributed by atoms with Crippen molar-refractivity contribution in [1.82, 2.24) is 0 Å². The fourth-order valence-electron chi connectivity index (χ4n) is 5.02. The highest BCUT2D eigenvalue weighted by molar-refractivity contribution is 5.99. The second kappa shape index (κ2) is 6.79. The van der Waals surface area contributed by atoms with E-state index in [4.69, 9.17) is 4.74 Å². The minimum Gasteiger partial charge on any atom is -0.497 e. The van der Waals surface area contributed by atoms with Crippen LogP contribution in [0.5, 0.6) is 5.75 Å². The maximum absolute atomic E-state index is 9.87. The lowest BCUT2D eigenvalue weighted by Gasteiger charge is -2.43. The predicted molar refractivity (Wildman–Crippen MR) is 105 cm³/mol. The number of rotatable bonds is 2. The van der Waals surface area contributed by atoms with E-state index < -0.39 is 0 Å². The average molecular weight is 349 g/mol. The van der Waals surface area contributed by atoms with Gasteiger partial charge in [-0.2, -0.15) is 0 Å². The second-order valence-electron chi connectivity index (χ2n) is 7.88. The zero-order chi connectivity index (χ0) is 18.1. The van der Waals surface area contributed by atoms with Crippen molar-refractivity contribution in [3.8, 4) is 16.9 Å². The Labute approximate surface area is 155 Å². The van der Waals surface area contributed by atoms with E-state index in [1.54, 1.807) is 7.11 Å². The van der Waals surface area contributed by atoms with Gasteiger partial charge in [0.2, 0.25) is 0 Å². The largest absolute Gasteiger partial charge is 0.497 e. The first-order valence-corrected chi connectivity index (χ1v) is 9.66. The van der Waals surface area contributed by atoms with Crippen LogP contribution in [0.15, 0.2) is 47.6 Å². The average Bonchev–Trinajstić information content (AvgIpc) is 2.67. The Kier molecular flexibility index (Phi) is 4.47. The molecule has 0 amide bonds. The summed E-state index contributed by atoms with van der Waals surface area (Å²) < 4.78 is 5.65. The summed E-state index contributed by atoms with van der Waals surface area (Å²) in [6.07, 6.45) is 6.71. The van der Waals surface area contributed by atoms with E-state index in [1.165, 1.54) is 41.5 Å². The van der Waals surface area contributed by atoms with Gasteiger partial charge in [0.15, 0.2) is 0 Å². The van der Waals surface area contributed by atoms with E-state index in [1.807, 2.05) is 0 Å². The van der Waals surface area contributed by atoms with Gasteiger partial charge < -0.3 is 9.94 Å². The molecule has 4 rings (SSSR count). The Bertz CT molecular complexity index is 828. The molecule has 0 radical (unpaired) electrons. The molecule has 1 fully saturated rings. The van der Waals surface area contributed by atoms with Crippen molar-refractivity contribution in [2.24, 2.45) is 11.1 Å². The van der Waals surface area contributed by atoms with Gasteiger partial charge in [0.25, 0.3) is 0 Å². The van der Waals surface area contributed by atoms with E-state index in [0.29, 0.717) is 5.92 Å². The quantitative estimate of drug-likeness (QED) is 0.567. The van der Waals surface area contributed by atoms with Crippen LogP contribution in [0.4, 0.5) is 0 Å². The summed E-state index contributed by atoms with van der Waals surface area (Å²) >= 11 is 0. The lowest BCUT2D eigenvalue weighted by atomic mass is 9.60. The summed E-state index contributed by atoms with van der Waals surface area (Å²) in [5.41, 5.74) is 5.92. The van der Waals surface area contributed by atoms with Crippen LogP contribution in [0.1, 0.15) is 50.2 Å². The van der Waals surface area contributed by atoms with Crippen molar-refractivity contribution < 1.29 is 9.94 Å². The fourth-order valence-corrected chi connectivity index (χ4v) is 5.02. The Hall–Kier alpha value is -2.29. The minimum absolute atomic E-state index is 0.217. The highest BCUT2D eigenvalue weighted by Gasteiger charge is 2.44. The van der Waals surface area contributed by atoms with Gasteiger partial charge in [0.05, 0.1) is 12.8 Å². The zero-order valence-corrected chi connectivity index (χ0v) is 15.7. The summed E-state index contributed by atoms with van der Waals surface area (Å²) in [6.45, 7) is 2.26. The molecule has 0 saturated heterocycles. The van der Waals surface area contributed by atoms with E-state index in [9.17, 15) is 5.21 Å². The molecule has 0 aromatic heterocycles. The van der Waals surface area contributed by atoms with Gasteiger partial charge in [-0.05, 0) is 53.6 Å². The molecule has 0 heterocycles. The smallest absolute Gasteiger partial charge is 0.119 e. The Balaban J connectivity index is 1.98. The molecule has 0 spiro atoms. The predicted octanol–water partition coefficient (Wildman–Crippen LogP) is 5.59. The molecule has 1 saturated carbocycles. The highest BCUT2D eigenvalue weighted by atomic mass is 16.5. The van der Waals surface area contributed by atoms with Gasteiger partial charge in [0.1, 0.15) is 5.75 Å². The van der Waals surface area contributed by atoms with E-state index >= 15 is 0 Å². The Morgan fingerprint density at radius 3 is 2.65 bits per heavy atom. The molecule has 2 aromatic carbocycles. The molecule has 3 heteroatoms. The van der Waals surface area contributed by atoms with Gasteiger partial charge in [0, 0.05) is 11.3 Å². The molecule has 26 heavy (non-hydrogen) atoms. The van der Waals surface area contributed by atoms with E-state index in [2.05, 4.69) is 54.5 Å². The standard InChI is InChI=1S/C23H27NO2/c1-23-12-8-4-7-11-17(22(23)24-25)13-20-19(16-9-5-3-6-10-16)14-18(26-2)15-21(20)23/h3,5-6,9-10,14-15,17,25H,4,7-8,11-13H2,1-2H3/b24-22+. The van der Waals surface area contributed by atoms with Gasteiger partial charge >= 0.3 is 0 Å². The third-order valence-corrected chi connectivity index (χ3v) is 6.38. The minimum atomic E-state index is -0.217. The normalized spacial score (nSPS) is 26.7. The molecule has 1 N–H and O–H groups in total. The van der Waals surface area contributed by atoms with Crippen molar-refractivity contribution in [2.75, 3.05) is 7.11 Å². The summed E-state index contributed by atoms with van der Waals surface area (Å²) in [4.78, 5) is 0. The third kappa shape index (κ3) is 2.70. The maximum Gasteiger partial charge on any atom is 0.119 e. The van der Waals surface area contributed by atoms with Crippen LogP contribution in [0.25, 0.3) is 11.1 Å². The fraction of sp³-hybridized carbons (Fsp3) is 0.435. The molecule has 2 aliphatic rings. The van der Waals surface area contributed by atoms with Crippen LogP contribution in [0.3, 0.4) is 0 Å². The number of fused-ring (bicyclic) bond motifs is 4. The first kappa shape index (κ1) is 17.1. The van der Waals surface area contributed by atoms with Crippen LogP contribution in [-0.4, -0.2) is 18.0 Å². The van der Waals surface area contributed by atoms with Gasteiger partial charge in [-0.25, -0.2) is 0 Å². The summed E-state index contributed by atoms with van der Waals surface area (Å²) in [5.74, 6) is 1.20. The lowest BCUT2D eigenvalue weighted by molar-refractivity contribution is 0.296. The number of methoxy groups -OCH3 is 1. The summed E-state index contributed by atoms with van der Waals surface area (Å²) in [7, 11) is 1.73. The first-order chi connectivity index (χ1) is 12.7. The Morgan fingerprint density at radius 2 is 1.92 bits per heavy atom. The van der Waals surface area contributed by atoms with Gasteiger partial charge in [-0.15, -0.1) is 0 Å². The molecule has 2 bridgehead atoms. The zero-order valence-electron chi connectivity index (χ0n) is 15.7. The van der Waals surface area contributed by atoms with Crippen LogP contribution >= 0.6 is 0 Å². The molecule has 2 aliphatic carbocycles. The first-order valence-electron chi connectivity index (χ1n) is 9.66. The van der Waals surface area contributed by atoms with Crippen molar-refractivity contribution in [2.45, 2.75) is 50.9 Å². The van der Waals surface area contributed by atoms with Crippen molar-refractivity contribution in [1.29, 1.82) is 0 Å². The number of nitrogens with zero attached hydrogens (tertiary/aromatic N) is 1. The van der Waals surface area contributed by atoms with Crippen molar-refractivity contribution in [3.63, 3.8) is 0 Å². The highest BCUT2D eigenvalue weighted by Crippen LogP contribution is 2.48. The summed E-state index contributed by atoms with van der Waals surface area (Å²) in [5, 5.41) is 13.7. The molecule has 0 aliphatic heterocycles. The van der Waals surface area contributed by atoms with E-state index in [-0.39, 0.29) is 5.41 Å². The SMILES string of the molecule is COc1cc(-c2ccccc2)c2c(c1)C1(C)CCCCCC(C2)/C1=N\O. The van der Waals surface area contributed by atoms with Gasteiger partial charge in [-0.3, -0.25) is 0 Å². The Morgan fingerprint density at radius 1 is 1.12 bits per heavy atom. The molecular formula is C23H27NO2. The van der Waals surface area contributed by atoms with E-state index in [0.717, 1.165) is 30.7 Å². The lowest BCUT2D eigenvalue weighted by Crippen LogP contribution is -2.44. The van der Waals surface area contributed by atoms with Crippen LogP contribution in [0, 0.1) is 5.92 Å². The van der Waals surface area contributed by atoms with Crippen LogP contribution in [-0.2, 0) is 11.8 Å². The van der Waals surface area contributed by atoms with Crippen molar-refractivity contribution >= 4 is 5.71 Å². The maximum atomic E-state index is 9.87. The van der Waals surface area contributed by atoms with Crippen LogP contribution < -0.4 is 4.74 Å². The molecule has 136 valence electrons. The molecule has 2 unspecified atom stereocenters. The number of ether oxygens (including phenoxy) is 1. The number of hydrogen-bond acceptors (Lipinski definition) is 3. The van der Waals surface area contributed by atoms with Gasteiger partial charge in [-0.1, -0.05) is 61.7 Å². The number of hydrogen-bond donors (Lipinski definition) is 1. The number of oxime groups is 1. The monoisotopic (exact) mass is 349 g/mol. The topological polar surface area (TPSA) is 41.8 Å². The molecule has 2 atom stereocenters. The van der Waals surface area contributed by atoms with Crippen LogP contribution in [0.2, 0.25) is 0 Å². The third-order valence-electron chi connectivity index (χ3n) is 6.38. The number of benzene rings is 2. The molecule has 2 aromatic rings. The summed E-state index contributed by atoms with van der Waals surface area (Å²) in [6, 6.07) is 14.9. The molecular weight excluding hydrogens is 322 g/mol. The second-order valence-corrected chi connectivity index (χ2v) is 7.88. The molecule has 3 nitrogen and oxygen atoms in total.